The molecule has 1 aliphatic rings. The number of methoxy groups -OCH3 is 1. The number of fused-ring (bicyclic) bond motifs is 1. The molecule has 3 aromatic rings. The number of nitrogens with zero attached hydrogens (tertiary/aromatic N) is 3. The zero-order valence-electron chi connectivity index (χ0n) is 17.3. The van der Waals surface area contributed by atoms with Crippen LogP contribution in [0.25, 0.3) is 11.0 Å². The van der Waals surface area contributed by atoms with Crippen molar-refractivity contribution in [2.24, 2.45) is 0 Å². The monoisotopic (exact) mass is 405 g/mol. The lowest BCUT2D eigenvalue weighted by Gasteiger charge is -2.16. The molecule has 0 bridgehead atoms. The summed E-state index contributed by atoms with van der Waals surface area (Å²) in [6, 6.07) is 15.8. The van der Waals surface area contributed by atoms with Gasteiger partial charge in [-0.1, -0.05) is 18.2 Å². The molecule has 1 amide bonds. The lowest BCUT2D eigenvalue weighted by Crippen LogP contribution is -2.25. The molecule has 0 N–H and O–H groups in total. The molecule has 1 unspecified atom stereocenters. The van der Waals surface area contributed by atoms with Gasteiger partial charge >= 0.3 is 0 Å². The second-order valence-corrected chi connectivity index (χ2v) is 7.48. The van der Waals surface area contributed by atoms with Crippen LogP contribution in [-0.2, 0) is 11.3 Å². The number of aryl methyl sites for hydroxylation is 1. The number of para-hydroxylation sites is 2. The minimum Gasteiger partial charge on any atom is -0.497 e. The topological polar surface area (TPSA) is 56.6 Å². The summed E-state index contributed by atoms with van der Waals surface area (Å²) in [5.74, 6) is 2.90. The van der Waals surface area contributed by atoms with E-state index >= 15 is 0 Å². The first kappa shape index (κ1) is 20.0. The highest BCUT2D eigenvalue weighted by Gasteiger charge is 2.33. The number of carbonyl (C=O) groups excluding carboxylic acids is 1. The largest absolute Gasteiger partial charge is 0.497 e. The molecule has 6 nitrogen and oxygen atoms in total. The third-order valence-electron chi connectivity index (χ3n) is 5.47. The molecule has 30 heavy (non-hydrogen) atoms. The number of ether oxygens (including phenoxy) is 2. The van der Waals surface area contributed by atoms with E-state index in [-0.39, 0.29) is 11.8 Å². The number of hydrogen-bond acceptors (Lipinski definition) is 4. The first-order chi connectivity index (χ1) is 14.7. The Balaban J connectivity index is 1.46. The number of carbonyl (C=O) groups is 1. The molecule has 2 aromatic carbocycles. The maximum atomic E-state index is 12.3. The molecule has 1 fully saturated rings. The second kappa shape index (κ2) is 9.03. The fraction of sp³-hybridized carbons (Fsp3) is 0.333. The Bertz CT molecular complexity index is 1030. The van der Waals surface area contributed by atoms with E-state index in [9.17, 15) is 4.79 Å². The van der Waals surface area contributed by atoms with Crippen LogP contribution < -0.4 is 9.47 Å². The number of likely N-dealkylation sites (tertiary alicyclic amines) is 1. The van der Waals surface area contributed by atoms with Crippen LogP contribution in [0, 0.1) is 0 Å². The third kappa shape index (κ3) is 4.17. The molecular weight excluding hydrogens is 378 g/mol. The third-order valence-corrected chi connectivity index (χ3v) is 5.47. The molecule has 156 valence electrons. The molecule has 0 radical (unpaired) electrons. The van der Waals surface area contributed by atoms with Crippen molar-refractivity contribution in [3.8, 4) is 11.5 Å². The average Bonchev–Trinajstić information content (AvgIpc) is 3.32. The van der Waals surface area contributed by atoms with E-state index in [0.717, 1.165) is 41.3 Å². The van der Waals surface area contributed by atoms with E-state index in [1.54, 1.807) is 13.2 Å². The van der Waals surface area contributed by atoms with Gasteiger partial charge in [-0.2, -0.15) is 0 Å². The Kier molecular flexibility index (Phi) is 6.02. The van der Waals surface area contributed by atoms with E-state index in [0.29, 0.717) is 26.1 Å². The van der Waals surface area contributed by atoms with Crippen LogP contribution in [0.4, 0.5) is 0 Å². The predicted molar refractivity (Wildman–Crippen MR) is 117 cm³/mol. The summed E-state index contributed by atoms with van der Waals surface area (Å²) in [6.45, 7) is 6.43. The van der Waals surface area contributed by atoms with Crippen molar-refractivity contribution in [1.29, 1.82) is 0 Å². The lowest BCUT2D eigenvalue weighted by molar-refractivity contribution is -0.127. The smallest absolute Gasteiger partial charge is 0.223 e. The van der Waals surface area contributed by atoms with Gasteiger partial charge in [0.25, 0.3) is 0 Å². The van der Waals surface area contributed by atoms with Crippen molar-refractivity contribution >= 4 is 16.9 Å². The summed E-state index contributed by atoms with van der Waals surface area (Å²) in [7, 11) is 1.65. The maximum Gasteiger partial charge on any atom is 0.223 e. The van der Waals surface area contributed by atoms with Crippen LogP contribution in [0.2, 0.25) is 0 Å². The van der Waals surface area contributed by atoms with Gasteiger partial charge in [0.15, 0.2) is 0 Å². The summed E-state index contributed by atoms with van der Waals surface area (Å²) >= 11 is 0. The highest BCUT2D eigenvalue weighted by molar-refractivity contribution is 5.81. The van der Waals surface area contributed by atoms with Crippen LogP contribution >= 0.6 is 0 Å². The first-order valence-corrected chi connectivity index (χ1v) is 10.3. The van der Waals surface area contributed by atoms with Crippen LogP contribution in [-0.4, -0.2) is 47.2 Å². The SMILES string of the molecule is C=CCN1CC(c2nc3ccccc3n2CCCOc2ccc(OC)cc2)CC1=O. The molecule has 1 aromatic heterocycles. The van der Waals surface area contributed by atoms with Crippen LogP contribution in [0.1, 0.15) is 24.6 Å². The van der Waals surface area contributed by atoms with Crippen molar-refractivity contribution in [1.82, 2.24) is 14.5 Å². The summed E-state index contributed by atoms with van der Waals surface area (Å²) < 4.78 is 13.3. The minimum absolute atomic E-state index is 0.104. The van der Waals surface area contributed by atoms with Crippen LogP contribution in [0.15, 0.2) is 61.2 Å². The second-order valence-electron chi connectivity index (χ2n) is 7.48. The number of benzene rings is 2. The molecule has 4 rings (SSSR count). The molecule has 1 aliphatic heterocycles. The van der Waals surface area contributed by atoms with E-state index in [1.807, 2.05) is 47.4 Å². The van der Waals surface area contributed by atoms with Crippen LogP contribution in [0.3, 0.4) is 0 Å². The van der Waals surface area contributed by atoms with Gasteiger partial charge in [-0.15, -0.1) is 6.58 Å². The molecule has 0 spiro atoms. The minimum atomic E-state index is 0.104. The lowest BCUT2D eigenvalue weighted by atomic mass is 10.1. The normalized spacial score (nSPS) is 16.2. The zero-order chi connectivity index (χ0) is 20.9. The first-order valence-electron chi connectivity index (χ1n) is 10.3. The van der Waals surface area contributed by atoms with E-state index in [1.165, 1.54) is 0 Å². The number of amides is 1. The number of rotatable bonds is 9. The zero-order valence-corrected chi connectivity index (χ0v) is 17.3. The van der Waals surface area contributed by atoms with E-state index < -0.39 is 0 Å². The van der Waals surface area contributed by atoms with Gasteiger partial charge in [0.1, 0.15) is 17.3 Å². The molecule has 0 aliphatic carbocycles. The summed E-state index contributed by atoms with van der Waals surface area (Å²) in [5.41, 5.74) is 2.07. The fourth-order valence-electron chi connectivity index (χ4n) is 4.00. The Hall–Kier alpha value is -3.28. The van der Waals surface area contributed by atoms with Crippen molar-refractivity contribution in [2.75, 3.05) is 26.8 Å². The number of aromatic nitrogens is 2. The summed E-state index contributed by atoms with van der Waals surface area (Å²) in [5, 5.41) is 0. The number of hydrogen-bond donors (Lipinski definition) is 0. The van der Waals surface area contributed by atoms with Gasteiger partial charge in [-0.05, 0) is 42.8 Å². The van der Waals surface area contributed by atoms with Crippen molar-refractivity contribution < 1.29 is 14.3 Å². The van der Waals surface area contributed by atoms with Gasteiger partial charge in [0.2, 0.25) is 5.91 Å². The van der Waals surface area contributed by atoms with E-state index in [2.05, 4.69) is 17.2 Å². The van der Waals surface area contributed by atoms with Crippen LogP contribution in [0.5, 0.6) is 11.5 Å². The summed E-state index contributed by atoms with van der Waals surface area (Å²) in [6.07, 6.45) is 3.12. The van der Waals surface area contributed by atoms with Crippen molar-refractivity contribution in [2.45, 2.75) is 25.3 Å². The molecule has 6 heteroatoms. The van der Waals surface area contributed by atoms with Crippen molar-refractivity contribution in [3.63, 3.8) is 0 Å². The Morgan fingerprint density at radius 2 is 1.93 bits per heavy atom. The van der Waals surface area contributed by atoms with Gasteiger partial charge in [-0.3, -0.25) is 4.79 Å². The standard InChI is InChI=1S/C24H27N3O3/c1-3-13-26-17-18(16-23(26)28)24-25-21-7-4-5-8-22(21)27(24)14-6-15-30-20-11-9-19(29-2)10-12-20/h3-5,7-12,18H,1,6,13-17H2,2H3. The Morgan fingerprint density at radius 3 is 2.70 bits per heavy atom. The molecule has 0 saturated carbocycles. The molecule has 1 atom stereocenters. The Labute approximate surface area is 176 Å². The molecule has 1 saturated heterocycles. The molecule has 2 heterocycles. The van der Waals surface area contributed by atoms with Crippen molar-refractivity contribution in [3.05, 3.63) is 67.0 Å². The fourth-order valence-corrected chi connectivity index (χ4v) is 4.00. The van der Waals surface area contributed by atoms with Gasteiger partial charge in [0.05, 0.1) is 24.8 Å². The maximum absolute atomic E-state index is 12.3. The van der Waals surface area contributed by atoms with Gasteiger partial charge < -0.3 is 18.9 Å². The van der Waals surface area contributed by atoms with Gasteiger partial charge in [-0.25, -0.2) is 4.98 Å². The predicted octanol–water partition coefficient (Wildman–Crippen LogP) is 4.02. The summed E-state index contributed by atoms with van der Waals surface area (Å²) in [4.78, 5) is 19.1. The highest BCUT2D eigenvalue weighted by atomic mass is 16.5. The molecular formula is C24H27N3O3. The quantitative estimate of drug-likeness (QED) is 0.399. The van der Waals surface area contributed by atoms with E-state index in [4.69, 9.17) is 14.5 Å². The highest BCUT2D eigenvalue weighted by Crippen LogP contribution is 2.30. The number of imidazole rings is 1. The Morgan fingerprint density at radius 1 is 1.17 bits per heavy atom. The van der Waals surface area contributed by atoms with Gasteiger partial charge in [0, 0.05) is 32.0 Å². The average molecular weight is 405 g/mol.